The van der Waals surface area contributed by atoms with Gasteiger partial charge in [-0.15, -0.1) is 11.3 Å². The first kappa shape index (κ1) is 18.7. The molecule has 1 saturated heterocycles. The average Bonchev–Trinajstić information content (AvgIpc) is 3.09. The predicted molar refractivity (Wildman–Crippen MR) is 99.7 cm³/mol. The number of nitrogens with one attached hydrogen (secondary N) is 2. The van der Waals surface area contributed by atoms with Crippen LogP contribution >= 0.6 is 11.3 Å². The molecule has 0 bridgehead atoms. The number of thiazole rings is 1. The fourth-order valence-corrected chi connectivity index (χ4v) is 3.77. The molecule has 1 aromatic heterocycles. The monoisotopic (exact) mass is 351 g/mol. The topological polar surface area (TPSA) is 69.6 Å². The molecule has 0 unspecified atom stereocenters. The van der Waals surface area contributed by atoms with Crippen molar-refractivity contribution in [3.63, 3.8) is 0 Å². The minimum atomic E-state index is 0.291. The number of aromatic nitrogens is 1. The van der Waals surface area contributed by atoms with E-state index in [0.717, 1.165) is 68.6 Å². The van der Waals surface area contributed by atoms with Crippen LogP contribution in [0.15, 0.2) is 4.99 Å². The van der Waals surface area contributed by atoms with Crippen molar-refractivity contribution in [3.8, 4) is 0 Å². The van der Waals surface area contributed by atoms with Crippen LogP contribution in [0, 0.1) is 13.8 Å². The van der Waals surface area contributed by atoms with Gasteiger partial charge in [0, 0.05) is 50.4 Å². The summed E-state index contributed by atoms with van der Waals surface area (Å²) in [4.78, 5) is 23.9. The van der Waals surface area contributed by atoms with Crippen LogP contribution in [0.25, 0.3) is 0 Å². The van der Waals surface area contributed by atoms with Gasteiger partial charge in [0.05, 0.1) is 10.7 Å². The predicted octanol–water partition coefficient (Wildman–Crippen LogP) is 1.87. The summed E-state index contributed by atoms with van der Waals surface area (Å²) in [5.74, 6) is 1.14. The quantitative estimate of drug-likeness (QED) is 0.426. The van der Waals surface area contributed by atoms with E-state index in [1.54, 1.807) is 11.3 Å². The first-order valence-corrected chi connectivity index (χ1v) is 9.64. The summed E-state index contributed by atoms with van der Waals surface area (Å²) in [6.07, 6.45) is 3.59. The molecule has 2 N–H and O–H groups in total. The van der Waals surface area contributed by atoms with Crippen LogP contribution in [-0.2, 0) is 11.2 Å². The normalized spacial score (nSPS) is 15.2. The molecular formula is C17H29N5OS. The second kappa shape index (κ2) is 9.61. The minimum Gasteiger partial charge on any atom is -0.357 e. The van der Waals surface area contributed by atoms with E-state index < -0.39 is 0 Å². The van der Waals surface area contributed by atoms with Crippen molar-refractivity contribution in [3.05, 3.63) is 15.6 Å². The Morgan fingerprint density at radius 2 is 2.21 bits per heavy atom. The van der Waals surface area contributed by atoms with Gasteiger partial charge in [0.15, 0.2) is 5.96 Å². The van der Waals surface area contributed by atoms with Gasteiger partial charge in [-0.1, -0.05) is 0 Å². The SMILES string of the molecule is CCNC(=NCCCN1CCCC1=O)NCCc1sc(C)nc1C. The van der Waals surface area contributed by atoms with Crippen LogP contribution in [0.1, 0.15) is 41.8 Å². The van der Waals surface area contributed by atoms with E-state index in [1.165, 1.54) is 4.88 Å². The molecule has 0 radical (unpaired) electrons. The Hall–Kier alpha value is -1.63. The van der Waals surface area contributed by atoms with E-state index >= 15 is 0 Å². The largest absolute Gasteiger partial charge is 0.357 e. The molecule has 134 valence electrons. The Morgan fingerprint density at radius 1 is 1.38 bits per heavy atom. The fraction of sp³-hybridized carbons (Fsp3) is 0.706. The standard InChI is InChI=1S/C17H29N5OS/c1-4-18-17(19-9-6-12-22-11-5-7-16(22)23)20-10-8-15-13(2)21-14(3)24-15/h4-12H2,1-3H3,(H2,18,19,20). The Morgan fingerprint density at radius 3 is 2.83 bits per heavy atom. The first-order valence-electron chi connectivity index (χ1n) is 8.83. The Labute approximate surface area is 148 Å². The molecule has 1 fully saturated rings. The molecule has 7 heteroatoms. The third kappa shape index (κ3) is 5.78. The smallest absolute Gasteiger partial charge is 0.222 e. The van der Waals surface area contributed by atoms with Gasteiger partial charge < -0.3 is 15.5 Å². The molecule has 1 aliphatic rings. The molecule has 0 aliphatic carbocycles. The molecule has 0 atom stereocenters. The zero-order valence-corrected chi connectivity index (χ0v) is 15.8. The summed E-state index contributed by atoms with van der Waals surface area (Å²) < 4.78 is 0. The zero-order chi connectivity index (χ0) is 17.4. The molecular weight excluding hydrogens is 322 g/mol. The van der Waals surface area contributed by atoms with Gasteiger partial charge in [-0.25, -0.2) is 4.98 Å². The fourth-order valence-electron chi connectivity index (χ4n) is 2.83. The number of likely N-dealkylation sites (tertiary alicyclic amines) is 1. The van der Waals surface area contributed by atoms with Crippen LogP contribution in [-0.4, -0.2) is 54.5 Å². The Balaban J connectivity index is 1.71. The molecule has 2 heterocycles. The molecule has 2 rings (SSSR count). The molecule has 24 heavy (non-hydrogen) atoms. The van der Waals surface area contributed by atoms with Crippen LogP contribution in [0.2, 0.25) is 0 Å². The maximum atomic E-state index is 11.6. The summed E-state index contributed by atoms with van der Waals surface area (Å²) in [5.41, 5.74) is 1.14. The highest BCUT2D eigenvalue weighted by atomic mass is 32.1. The molecule has 1 aliphatic heterocycles. The average molecular weight is 352 g/mol. The molecule has 6 nitrogen and oxygen atoms in total. The first-order chi connectivity index (χ1) is 11.6. The Kier molecular flexibility index (Phi) is 7.49. The lowest BCUT2D eigenvalue weighted by molar-refractivity contribution is -0.127. The number of aliphatic imine (C=N–C) groups is 1. The Bertz CT molecular complexity index is 569. The van der Waals surface area contributed by atoms with E-state index in [2.05, 4.69) is 34.5 Å². The molecule has 0 aromatic carbocycles. The lowest BCUT2D eigenvalue weighted by Crippen LogP contribution is -2.38. The minimum absolute atomic E-state index is 0.291. The number of rotatable bonds is 8. The van der Waals surface area contributed by atoms with Gasteiger partial charge in [0.25, 0.3) is 0 Å². The molecule has 1 amide bonds. The molecule has 1 aromatic rings. The van der Waals surface area contributed by atoms with Gasteiger partial charge >= 0.3 is 0 Å². The van der Waals surface area contributed by atoms with Gasteiger partial charge in [-0.2, -0.15) is 0 Å². The van der Waals surface area contributed by atoms with Gasteiger partial charge in [0.2, 0.25) is 5.91 Å². The van der Waals surface area contributed by atoms with Crippen molar-refractivity contribution < 1.29 is 4.79 Å². The highest BCUT2D eigenvalue weighted by Crippen LogP contribution is 2.17. The molecule has 0 saturated carbocycles. The second-order valence-corrected chi connectivity index (χ2v) is 7.30. The lowest BCUT2D eigenvalue weighted by Gasteiger charge is -2.15. The van der Waals surface area contributed by atoms with E-state index in [9.17, 15) is 4.79 Å². The summed E-state index contributed by atoms with van der Waals surface area (Å²) in [6, 6.07) is 0. The highest BCUT2D eigenvalue weighted by molar-refractivity contribution is 7.11. The van der Waals surface area contributed by atoms with Gasteiger partial charge in [-0.3, -0.25) is 9.79 Å². The summed E-state index contributed by atoms with van der Waals surface area (Å²) in [7, 11) is 0. The van der Waals surface area contributed by atoms with Crippen LogP contribution in [0.5, 0.6) is 0 Å². The van der Waals surface area contributed by atoms with Crippen LogP contribution in [0.3, 0.4) is 0 Å². The maximum absolute atomic E-state index is 11.6. The van der Waals surface area contributed by atoms with E-state index in [1.807, 2.05) is 11.8 Å². The zero-order valence-electron chi connectivity index (χ0n) is 15.0. The number of carbonyl (C=O) groups excluding carboxylic acids is 1. The summed E-state index contributed by atoms with van der Waals surface area (Å²) in [6.45, 7) is 10.3. The number of hydrogen-bond acceptors (Lipinski definition) is 4. The van der Waals surface area contributed by atoms with Gasteiger partial charge in [0.1, 0.15) is 0 Å². The summed E-state index contributed by atoms with van der Waals surface area (Å²) in [5, 5.41) is 7.78. The van der Waals surface area contributed by atoms with E-state index in [0.29, 0.717) is 12.3 Å². The number of guanidine groups is 1. The summed E-state index contributed by atoms with van der Waals surface area (Å²) >= 11 is 1.77. The highest BCUT2D eigenvalue weighted by Gasteiger charge is 2.18. The lowest BCUT2D eigenvalue weighted by atomic mass is 10.3. The van der Waals surface area contributed by atoms with Gasteiger partial charge in [-0.05, 0) is 33.6 Å². The van der Waals surface area contributed by atoms with Crippen molar-refractivity contribution in [2.75, 3.05) is 32.7 Å². The number of nitrogens with zero attached hydrogens (tertiary/aromatic N) is 3. The van der Waals surface area contributed by atoms with E-state index in [-0.39, 0.29) is 0 Å². The molecule has 0 spiro atoms. The number of aryl methyl sites for hydroxylation is 2. The van der Waals surface area contributed by atoms with Crippen molar-refractivity contribution in [1.82, 2.24) is 20.5 Å². The third-order valence-corrected chi connectivity index (χ3v) is 5.15. The van der Waals surface area contributed by atoms with Crippen LogP contribution < -0.4 is 10.6 Å². The van der Waals surface area contributed by atoms with Crippen molar-refractivity contribution >= 4 is 23.2 Å². The van der Waals surface area contributed by atoms with Crippen molar-refractivity contribution in [2.24, 2.45) is 4.99 Å². The number of carbonyl (C=O) groups is 1. The number of amides is 1. The number of hydrogen-bond donors (Lipinski definition) is 2. The van der Waals surface area contributed by atoms with E-state index in [4.69, 9.17) is 0 Å². The second-order valence-electron chi connectivity index (χ2n) is 6.02. The van der Waals surface area contributed by atoms with Crippen LogP contribution in [0.4, 0.5) is 0 Å². The maximum Gasteiger partial charge on any atom is 0.222 e. The van der Waals surface area contributed by atoms with Crippen molar-refractivity contribution in [1.29, 1.82) is 0 Å². The van der Waals surface area contributed by atoms with Crippen molar-refractivity contribution in [2.45, 2.75) is 46.5 Å². The third-order valence-electron chi connectivity index (χ3n) is 4.02.